The van der Waals surface area contributed by atoms with E-state index in [9.17, 15) is 25.6 Å². The van der Waals surface area contributed by atoms with Gasteiger partial charge in [-0.25, -0.2) is 27.2 Å². The Bertz CT molecular complexity index is 2800. The highest BCUT2D eigenvalue weighted by molar-refractivity contribution is 8.11. The minimum Gasteiger partial charge on any atom is -0.456 e. The van der Waals surface area contributed by atoms with E-state index in [-0.39, 0.29) is 49.8 Å². The zero-order chi connectivity index (χ0) is 45.9. The van der Waals surface area contributed by atoms with Gasteiger partial charge < -0.3 is 25.0 Å². The molecule has 6 aliphatic heterocycles. The molecule has 2 fully saturated rings. The Kier molecular flexibility index (Phi) is 14.3. The first-order chi connectivity index (χ1) is 31.1. The zero-order valence-corrected chi connectivity index (χ0v) is 38.6. The molecule has 4 aromatic carbocycles. The second-order valence-corrected chi connectivity index (χ2v) is 20.9. The van der Waals surface area contributed by atoms with Crippen LogP contribution in [-0.4, -0.2) is 124 Å². The fraction of sp³-hybridized carbons (Fsp3) is 0.349. The largest absolute Gasteiger partial charge is 0.456 e. The molecule has 15 nitrogen and oxygen atoms in total. The minimum atomic E-state index is -3.67. The van der Waals surface area contributed by atoms with E-state index in [0.29, 0.717) is 39.3 Å². The molecule has 344 valence electrons. The van der Waals surface area contributed by atoms with Crippen LogP contribution in [0.5, 0.6) is 23.0 Å². The summed E-state index contributed by atoms with van der Waals surface area (Å²) in [4.78, 5) is 22.3. The standard InChI is InChI=1S/C22H22ClFN4O3S.C17H15ClN4O.C4H7ClFNO2S/c23-21-15(13-32(29,30)28-10-7-16(24)12-28)3-1-4-20(21)31-17-5-6-19-18(11-17)22-25-8-2-9-27(22)14-26-19;18-16-13(19)3-1-4-15(16)23-11-5-6-14-12(9-11)17-20-7-2-8-22(17)10-21-14;5-10(8,9)7-2-1-4(6)3-7/h1,3-6,11,14,16H,2,7-10,12-13H2;1,3-6,9-10H,2,7-8,19H2;4H,1-3H2/t16-;;4-/m1.1/s1. The van der Waals surface area contributed by atoms with Crippen molar-refractivity contribution in [2.75, 3.05) is 58.1 Å². The van der Waals surface area contributed by atoms with Gasteiger partial charge in [0.05, 0.1) is 40.5 Å². The molecule has 2 saturated heterocycles. The number of sulfonamides is 1. The lowest BCUT2D eigenvalue weighted by atomic mass is 10.1. The van der Waals surface area contributed by atoms with E-state index in [1.165, 1.54) is 4.31 Å². The number of nitrogen functional groups attached to an aromatic ring is 1. The van der Waals surface area contributed by atoms with Crippen LogP contribution in [0.1, 0.15) is 42.4 Å². The number of nitrogens with two attached hydrogens (primary N) is 1. The van der Waals surface area contributed by atoms with Crippen molar-refractivity contribution in [3.05, 3.63) is 99.5 Å². The number of anilines is 1. The van der Waals surface area contributed by atoms with Crippen LogP contribution in [0, 0.1) is 0 Å². The summed E-state index contributed by atoms with van der Waals surface area (Å²) in [7, 11) is -2.40. The summed E-state index contributed by atoms with van der Waals surface area (Å²) in [6.07, 6.45) is 3.98. The molecule has 0 saturated carbocycles. The van der Waals surface area contributed by atoms with Crippen LogP contribution in [0.3, 0.4) is 0 Å². The van der Waals surface area contributed by atoms with Gasteiger partial charge in [0.1, 0.15) is 52.0 Å². The number of halogens is 5. The van der Waals surface area contributed by atoms with E-state index in [1.807, 2.05) is 47.6 Å². The van der Waals surface area contributed by atoms with Crippen LogP contribution in [0.15, 0.2) is 92.8 Å². The number of aliphatic imine (C=N–C) groups is 4. The first-order valence-electron chi connectivity index (χ1n) is 20.7. The summed E-state index contributed by atoms with van der Waals surface area (Å²) in [6.45, 7) is 3.62. The number of hydrogen-bond acceptors (Lipinski definition) is 13. The van der Waals surface area contributed by atoms with Gasteiger partial charge in [0.15, 0.2) is 0 Å². The predicted molar refractivity (Wildman–Crippen MR) is 252 cm³/mol. The monoisotopic (exact) mass is 989 g/mol. The maximum atomic E-state index is 13.5. The first kappa shape index (κ1) is 46.6. The van der Waals surface area contributed by atoms with E-state index in [2.05, 4.69) is 24.9 Å². The molecule has 22 heteroatoms. The van der Waals surface area contributed by atoms with Gasteiger partial charge in [0.25, 0.3) is 9.24 Å². The highest BCUT2D eigenvalue weighted by Gasteiger charge is 2.33. The molecule has 2 atom stereocenters. The number of fused-ring (bicyclic) bond motifs is 6. The molecule has 6 heterocycles. The molecule has 0 spiro atoms. The summed E-state index contributed by atoms with van der Waals surface area (Å²) in [5, 5.41) is 0.638. The number of nitrogens with zero attached hydrogens (tertiary/aromatic N) is 8. The zero-order valence-electron chi connectivity index (χ0n) is 34.7. The predicted octanol–water partition coefficient (Wildman–Crippen LogP) is 8.49. The third kappa shape index (κ3) is 11.0. The average Bonchev–Trinajstić information content (AvgIpc) is 3.96. The summed E-state index contributed by atoms with van der Waals surface area (Å²) >= 11 is 12.7. The quantitative estimate of drug-likeness (QED) is 0.134. The Morgan fingerprint density at radius 1 is 0.677 bits per heavy atom. The van der Waals surface area contributed by atoms with Gasteiger partial charge in [-0.3, -0.25) is 9.98 Å². The molecule has 2 N–H and O–H groups in total. The van der Waals surface area contributed by atoms with E-state index in [4.69, 9.17) is 49.1 Å². The van der Waals surface area contributed by atoms with Gasteiger partial charge >= 0.3 is 0 Å². The maximum absolute atomic E-state index is 13.5. The van der Waals surface area contributed by atoms with Crippen LogP contribution < -0.4 is 15.2 Å². The van der Waals surface area contributed by atoms with Crippen molar-refractivity contribution in [3.63, 3.8) is 0 Å². The molecule has 0 aromatic heterocycles. The van der Waals surface area contributed by atoms with Gasteiger partial charge in [-0.1, -0.05) is 41.4 Å². The van der Waals surface area contributed by atoms with Gasteiger partial charge in [0.2, 0.25) is 10.0 Å². The first-order valence-corrected chi connectivity index (χ1v) is 25.4. The number of amidine groups is 2. The smallest absolute Gasteiger partial charge is 0.299 e. The summed E-state index contributed by atoms with van der Waals surface area (Å²) in [5.74, 6) is 3.64. The van der Waals surface area contributed by atoms with Crippen molar-refractivity contribution in [1.29, 1.82) is 0 Å². The van der Waals surface area contributed by atoms with Crippen LogP contribution in [0.25, 0.3) is 0 Å². The van der Waals surface area contributed by atoms with E-state index < -0.39 is 31.6 Å². The molecule has 4 aromatic rings. The van der Waals surface area contributed by atoms with Crippen LogP contribution in [0.2, 0.25) is 10.0 Å². The van der Waals surface area contributed by atoms with E-state index in [1.54, 1.807) is 42.7 Å². The maximum Gasteiger partial charge on any atom is 0.299 e. The Labute approximate surface area is 390 Å². The fourth-order valence-corrected chi connectivity index (χ4v) is 10.8. The average molecular weight is 991 g/mol. The van der Waals surface area contributed by atoms with Gasteiger partial charge in [-0.05, 0) is 85.8 Å². The second-order valence-electron chi connectivity index (χ2n) is 15.6. The number of ether oxygens (including phenoxy) is 2. The number of benzene rings is 4. The molecule has 10 rings (SSSR count). The van der Waals surface area contributed by atoms with E-state index >= 15 is 0 Å². The Morgan fingerprint density at radius 2 is 1.18 bits per heavy atom. The number of hydrogen-bond donors (Lipinski definition) is 1. The van der Waals surface area contributed by atoms with Crippen molar-refractivity contribution >= 4 is 94.6 Å². The Morgan fingerprint density at radius 3 is 1.68 bits per heavy atom. The van der Waals surface area contributed by atoms with Crippen molar-refractivity contribution in [2.45, 2.75) is 43.8 Å². The van der Waals surface area contributed by atoms with Gasteiger partial charge in [0, 0.05) is 74.2 Å². The van der Waals surface area contributed by atoms with Crippen molar-refractivity contribution in [2.24, 2.45) is 20.0 Å². The molecular weight excluding hydrogens is 947 g/mol. The van der Waals surface area contributed by atoms with Crippen LogP contribution in [0.4, 0.5) is 25.8 Å². The molecule has 0 radical (unpaired) electrons. The third-order valence-corrected chi connectivity index (χ3v) is 15.2. The molecule has 0 amide bonds. The Balaban J connectivity index is 0.000000151. The minimum absolute atomic E-state index is 0.0914. The number of rotatable bonds is 8. The van der Waals surface area contributed by atoms with Crippen LogP contribution in [-0.2, 0) is 25.0 Å². The van der Waals surface area contributed by atoms with Crippen molar-refractivity contribution < 1.29 is 35.1 Å². The highest BCUT2D eigenvalue weighted by Crippen LogP contribution is 2.38. The SMILES string of the molecule is Nc1cccc(Oc2ccc3c(c2)C2=NCCCN2C=N3)c1Cl.O=S(=O)(Cc1cccc(Oc2ccc3c(c2)C2=NCCCN2C=N3)c1Cl)N1CC[C@@H](F)C1.O=S(=O)(Cl)N1CC[C@@H](F)C1. The second kappa shape index (κ2) is 19.9. The highest BCUT2D eigenvalue weighted by atomic mass is 35.7. The summed E-state index contributed by atoms with van der Waals surface area (Å²) < 4.78 is 86.2. The molecule has 65 heavy (non-hydrogen) atoms. The molecule has 0 aliphatic carbocycles. The Hall–Kier alpha value is -4.89. The topological polar surface area (TPSA) is 175 Å². The lowest BCUT2D eigenvalue weighted by Gasteiger charge is -2.29. The van der Waals surface area contributed by atoms with E-state index in [0.717, 1.165) is 77.5 Å². The van der Waals surface area contributed by atoms with Crippen molar-refractivity contribution in [3.8, 4) is 23.0 Å². The molecule has 0 bridgehead atoms. The van der Waals surface area contributed by atoms with Crippen LogP contribution >= 0.6 is 33.9 Å². The van der Waals surface area contributed by atoms with Crippen molar-refractivity contribution in [1.82, 2.24) is 18.4 Å². The third-order valence-electron chi connectivity index (χ3n) is 11.0. The van der Waals surface area contributed by atoms with Gasteiger partial charge in [-0.2, -0.15) is 17.0 Å². The lowest BCUT2D eigenvalue weighted by Crippen LogP contribution is -2.36. The summed E-state index contributed by atoms with van der Waals surface area (Å²) in [5.41, 5.74) is 10.3. The number of alkyl halides is 2. The molecule has 6 aliphatic rings. The fourth-order valence-electron chi connectivity index (χ4n) is 7.68. The normalized spacial score (nSPS) is 20.2. The molecular formula is C43H44Cl3F2N9O6S2. The summed E-state index contributed by atoms with van der Waals surface area (Å²) in [6, 6.07) is 21.6. The van der Waals surface area contributed by atoms with Gasteiger partial charge in [-0.15, -0.1) is 0 Å². The molecule has 0 unspecified atom stereocenters. The lowest BCUT2D eigenvalue weighted by molar-refractivity contribution is 0.343.